The molecule has 0 bridgehead atoms. The molecule has 0 unspecified atom stereocenters. The van der Waals surface area contributed by atoms with E-state index in [-0.39, 0.29) is 18.0 Å². The first-order chi connectivity index (χ1) is 10.7. The number of carbonyl (C=O) groups excluding carboxylic acids is 2. The molecule has 0 saturated carbocycles. The highest BCUT2D eigenvalue weighted by Crippen LogP contribution is 2.28. The van der Waals surface area contributed by atoms with Gasteiger partial charge in [-0.3, -0.25) is 9.69 Å². The molecule has 0 aliphatic carbocycles. The van der Waals surface area contributed by atoms with E-state index in [4.69, 9.17) is 4.74 Å². The van der Waals surface area contributed by atoms with Gasteiger partial charge in [0, 0.05) is 26.2 Å². The first-order valence-corrected chi connectivity index (χ1v) is 7.82. The molecule has 4 rings (SSSR count). The molecule has 0 spiro atoms. The number of carbonyl (C=O) groups is 2. The van der Waals surface area contributed by atoms with Gasteiger partial charge in [-0.05, 0) is 24.5 Å². The number of rotatable bonds is 1. The van der Waals surface area contributed by atoms with Gasteiger partial charge in [0.25, 0.3) is 5.91 Å². The van der Waals surface area contributed by atoms with Crippen LogP contribution >= 0.6 is 0 Å². The summed E-state index contributed by atoms with van der Waals surface area (Å²) < 4.78 is 5.06. The standard InChI is InChI=1S/C16H19N3O3/c20-15(13-5-1-3-11-4-2-6-17-14(11)13)18-7-8-19-12(9-18)10-22-16(19)21/h1,3,5,12,17H,2,4,6-10H2/t12-/m0/s1. The van der Waals surface area contributed by atoms with E-state index in [1.54, 1.807) is 4.90 Å². The number of fused-ring (bicyclic) bond motifs is 2. The lowest BCUT2D eigenvalue weighted by molar-refractivity contribution is 0.0617. The van der Waals surface area contributed by atoms with Crippen LogP contribution in [-0.4, -0.2) is 60.6 Å². The number of anilines is 1. The number of nitrogens with zero attached hydrogens (tertiary/aromatic N) is 2. The molecule has 3 aliphatic heterocycles. The van der Waals surface area contributed by atoms with Crippen molar-refractivity contribution in [1.29, 1.82) is 0 Å². The Bertz CT molecular complexity index is 631. The van der Waals surface area contributed by atoms with E-state index in [0.717, 1.165) is 30.6 Å². The first-order valence-electron chi connectivity index (χ1n) is 7.82. The van der Waals surface area contributed by atoms with Crippen LogP contribution in [-0.2, 0) is 11.2 Å². The average molecular weight is 301 g/mol. The van der Waals surface area contributed by atoms with Crippen molar-refractivity contribution in [2.45, 2.75) is 18.9 Å². The SMILES string of the molecule is O=C(c1cccc2c1NCCC2)N1CCN2C(=O)OC[C@@H]2C1. The Kier molecular flexibility index (Phi) is 3.17. The van der Waals surface area contributed by atoms with Crippen molar-refractivity contribution in [3.8, 4) is 0 Å². The average Bonchev–Trinajstić information content (AvgIpc) is 2.94. The van der Waals surface area contributed by atoms with Gasteiger partial charge in [-0.2, -0.15) is 0 Å². The largest absolute Gasteiger partial charge is 0.447 e. The summed E-state index contributed by atoms with van der Waals surface area (Å²) in [5, 5.41) is 3.37. The highest BCUT2D eigenvalue weighted by atomic mass is 16.6. The van der Waals surface area contributed by atoms with Gasteiger partial charge in [-0.1, -0.05) is 12.1 Å². The summed E-state index contributed by atoms with van der Waals surface area (Å²) >= 11 is 0. The molecule has 6 nitrogen and oxygen atoms in total. The maximum atomic E-state index is 12.9. The molecule has 6 heteroatoms. The molecule has 2 saturated heterocycles. The monoisotopic (exact) mass is 301 g/mol. The lowest BCUT2D eigenvalue weighted by Crippen LogP contribution is -2.53. The number of piperazine rings is 1. The Hall–Kier alpha value is -2.24. The van der Waals surface area contributed by atoms with E-state index in [9.17, 15) is 9.59 Å². The van der Waals surface area contributed by atoms with Gasteiger partial charge in [-0.15, -0.1) is 0 Å². The molecular weight excluding hydrogens is 282 g/mol. The van der Waals surface area contributed by atoms with Crippen LogP contribution in [0.1, 0.15) is 22.3 Å². The predicted molar refractivity (Wildman–Crippen MR) is 81.0 cm³/mol. The van der Waals surface area contributed by atoms with Gasteiger partial charge in [-0.25, -0.2) is 4.79 Å². The Morgan fingerprint density at radius 3 is 3.14 bits per heavy atom. The molecule has 0 radical (unpaired) electrons. The minimum Gasteiger partial charge on any atom is -0.447 e. The zero-order valence-corrected chi connectivity index (χ0v) is 12.4. The van der Waals surface area contributed by atoms with Gasteiger partial charge < -0.3 is 15.0 Å². The smallest absolute Gasteiger partial charge is 0.410 e. The van der Waals surface area contributed by atoms with Gasteiger partial charge in [0.2, 0.25) is 0 Å². The number of aryl methyl sites for hydroxylation is 1. The fourth-order valence-electron chi connectivity index (χ4n) is 3.53. The number of cyclic esters (lactones) is 1. The number of ether oxygens (including phenoxy) is 1. The zero-order valence-electron chi connectivity index (χ0n) is 12.4. The van der Waals surface area contributed by atoms with Crippen LogP contribution in [0.4, 0.5) is 10.5 Å². The third-order valence-electron chi connectivity index (χ3n) is 4.71. The molecule has 2 fully saturated rings. The van der Waals surface area contributed by atoms with Crippen molar-refractivity contribution in [3.63, 3.8) is 0 Å². The van der Waals surface area contributed by atoms with E-state index >= 15 is 0 Å². The molecule has 1 atom stereocenters. The summed E-state index contributed by atoms with van der Waals surface area (Å²) in [7, 11) is 0. The lowest BCUT2D eigenvalue weighted by Gasteiger charge is -2.36. The van der Waals surface area contributed by atoms with Gasteiger partial charge in [0.05, 0.1) is 17.3 Å². The summed E-state index contributed by atoms with van der Waals surface area (Å²) in [4.78, 5) is 28.0. The number of para-hydroxylation sites is 1. The summed E-state index contributed by atoms with van der Waals surface area (Å²) in [5.74, 6) is 0.0465. The number of nitrogens with one attached hydrogen (secondary N) is 1. The second-order valence-electron chi connectivity index (χ2n) is 6.05. The van der Waals surface area contributed by atoms with Crippen LogP contribution in [0.2, 0.25) is 0 Å². The summed E-state index contributed by atoms with van der Waals surface area (Å²) in [6.45, 7) is 2.96. The maximum absolute atomic E-state index is 12.9. The first kappa shape index (κ1) is 13.4. The summed E-state index contributed by atoms with van der Waals surface area (Å²) in [6, 6.07) is 5.93. The number of benzene rings is 1. The van der Waals surface area contributed by atoms with Crippen LogP contribution in [0.5, 0.6) is 0 Å². The second kappa shape index (κ2) is 5.19. The van der Waals surface area contributed by atoms with E-state index in [0.29, 0.717) is 26.2 Å². The molecular formula is C16H19N3O3. The van der Waals surface area contributed by atoms with E-state index < -0.39 is 0 Å². The molecule has 2 amide bonds. The third kappa shape index (κ3) is 2.10. The Morgan fingerprint density at radius 2 is 2.23 bits per heavy atom. The minimum absolute atomic E-state index is 0.00213. The quantitative estimate of drug-likeness (QED) is 0.850. The van der Waals surface area contributed by atoms with E-state index in [1.165, 1.54) is 5.56 Å². The fourth-order valence-corrected chi connectivity index (χ4v) is 3.53. The third-order valence-corrected chi connectivity index (χ3v) is 4.71. The van der Waals surface area contributed by atoms with Crippen molar-refractivity contribution < 1.29 is 14.3 Å². The van der Waals surface area contributed by atoms with Gasteiger partial charge >= 0.3 is 6.09 Å². The lowest BCUT2D eigenvalue weighted by atomic mass is 9.98. The Balaban J connectivity index is 1.57. The van der Waals surface area contributed by atoms with Crippen molar-refractivity contribution in [1.82, 2.24) is 9.80 Å². The van der Waals surface area contributed by atoms with Crippen LogP contribution in [0.3, 0.4) is 0 Å². The summed E-state index contributed by atoms with van der Waals surface area (Å²) in [6.07, 6.45) is 1.86. The number of hydrogen-bond donors (Lipinski definition) is 1. The normalized spacial score (nSPS) is 23.5. The van der Waals surface area contributed by atoms with Gasteiger partial charge in [0.1, 0.15) is 6.61 Å². The topological polar surface area (TPSA) is 61.9 Å². The molecule has 116 valence electrons. The molecule has 22 heavy (non-hydrogen) atoms. The van der Waals surface area contributed by atoms with Crippen molar-refractivity contribution >= 4 is 17.7 Å². The molecule has 1 aromatic carbocycles. The van der Waals surface area contributed by atoms with Crippen LogP contribution in [0, 0.1) is 0 Å². The highest BCUT2D eigenvalue weighted by molar-refractivity contribution is 6.00. The van der Waals surface area contributed by atoms with E-state index in [1.807, 2.05) is 17.0 Å². The summed E-state index contributed by atoms with van der Waals surface area (Å²) in [5.41, 5.74) is 2.95. The minimum atomic E-state index is -0.254. The van der Waals surface area contributed by atoms with Crippen molar-refractivity contribution in [2.24, 2.45) is 0 Å². The van der Waals surface area contributed by atoms with Crippen molar-refractivity contribution in [2.75, 3.05) is 38.1 Å². The van der Waals surface area contributed by atoms with E-state index in [2.05, 4.69) is 11.4 Å². The number of amides is 2. The molecule has 3 heterocycles. The molecule has 3 aliphatic rings. The predicted octanol–water partition coefficient (Wildman–Crippen LogP) is 1.32. The Morgan fingerprint density at radius 1 is 1.32 bits per heavy atom. The molecule has 1 aromatic rings. The maximum Gasteiger partial charge on any atom is 0.410 e. The number of hydrogen-bond acceptors (Lipinski definition) is 4. The Labute approximate surface area is 129 Å². The zero-order chi connectivity index (χ0) is 15.1. The fraction of sp³-hybridized carbons (Fsp3) is 0.500. The van der Waals surface area contributed by atoms with Crippen LogP contribution < -0.4 is 5.32 Å². The highest BCUT2D eigenvalue weighted by Gasteiger charge is 2.39. The molecule has 0 aromatic heterocycles. The van der Waals surface area contributed by atoms with Crippen LogP contribution in [0.15, 0.2) is 18.2 Å². The van der Waals surface area contributed by atoms with Crippen LogP contribution in [0.25, 0.3) is 0 Å². The molecule has 1 N–H and O–H groups in total. The second-order valence-corrected chi connectivity index (χ2v) is 6.05. The van der Waals surface area contributed by atoms with Gasteiger partial charge in [0.15, 0.2) is 0 Å². The van der Waals surface area contributed by atoms with Crippen molar-refractivity contribution in [3.05, 3.63) is 29.3 Å².